The largest absolute Gasteiger partial charge is 0.481 e. The van der Waals surface area contributed by atoms with Crippen LogP contribution < -0.4 is 5.32 Å². The lowest BCUT2D eigenvalue weighted by Crippen LogP contribution is -2.29. The third kappa shape index (κ3) is 6.01. The highest BCUT2D eigenvalue weighted by Gasteiger charge is 2.09. The second-order valence-electron chi connectivity index (χ2n) is 3.99. The van der Waals surface area contributed by atoms with Crippen molar-refractivity contribution in [2.75, 3.05) is 6.54 Å². The molecule has 17 heavy (non-hydrogen) atoms. The minimum atomic E-state index is -0.839. The Morgan fingerprint density at radius 1 is 1.59 bits per heavy atom. The van der Waals surface area contributed by atoms with Gasteiger partial charge in [0.25, 0.3) is 0 Å². The quantitative estimate of drug-likeness (QED) is 0.770. The number of hydrogen-bond donors (Lipinski definition) is 2. The van der Waals surface area contributed by atoms with E-state index in [-0.39, 0.29) is 18.2 Å². The average Bonchev–Trinajstić information content (AvgIpc) is 2.75. The molecule has 1 rings (SSSR count). The van der Waals surface area contributed by atoms with Crippen molar-refractivity contribution >= 4 is 23.2 Å². The van der Waals surface area contributed by atoms with E-state index in [1.54, 1.807) is 12.4 Å². The summed E-state index contributed by atoms with van der Waals surface area (Å²) in [4.78, 5) is 25.9. The van der Waals surface area contributed by atoms with E-state index in [9.17, 15) is 9.59 Å². The van der Waals surface area contributed by atoms with Crippen LogP contribution in [0.3, 0.4) is 0 Å². The van der Waals surface area contributed by atoms with Gasteiger partial charge < -0.3 is 10.4 Å². The molecule has 1 aromatic heterocycles. The predicted octanol–water partition coefficient (Wildman–Crippen LogP) is 1.30. The molecule has 0 aliphatic carbocycles. The maximum absolute atomic E-state index is 11.4. The van der Waals surface area contributed by atoms with Crippen LogP contribution in [0.4, 0.5) is 0 Å². The van der Waals surface area contributed by atoms with E-state index in [2.05, 4.69) is 10.3 Å². The molecule has 0 aromatic carbocycles. The van der Waals surface area contributed by atoms with E-state index >= 15 is 0 Å². The van der Waals surface area contributed by atoms with Crippen LogP contribution in [0.15, 0.2) is 10.9 Å². The van der Waals surface area contributed by atoms with Gasteiger partial charge in [-0.15, -0.1) is 11.3 Å². The standard InChI is InChI=1S/C11H16N2O3S/c1-8(4-11(15)16)5-12-10(14)3-2-9-6-17-7-13-9/h6-8H,2-5H2,1H3,(H,12,14)(H,15,16). The van der Waals surface area contributed by atoms with Crippen molar-refractivity contribution in [3.63, 3.8) is 0 Å². The fourth-order valence-corrected chi connectivity index (χ4v) is 1.94. The highest BCUT2D eigenvalue weighted by molar-refractivity contribution is 7.07. The van der Waals surface area contributed by atoms with Gasteiger partial charge in [-0.2, -0.15) is 0 Å². The van der Waals surface area contributed by atoms with Crippen molar-refractivity contribution < 1.29 is 14.7 Å². The molecule has 0 aliphatic heterocycles. The number of aliphatic carboxylic acids is 1. The minimum absolute atomic E-state index is 0.0456. The summed E-state index contributed by atoms with van der Waals surface area (Å²) in [6, 6.07) is 0. The van der Waals surface area contributed by atoms with Crippen LogP contribution in [-0.4, -0.2) is 28.5 Å². The van der Waals surface area contributed by atoms with E-state index < -0.39 is 5.97 Å². The molecule has 5 nitrogen and oxygen atoms in total. The molecule has 0 aliphatic rings. The Hall–Kier alpha value is -1.43. The molecular formula is C11H16N2O3S. The molecule has 0 saturated carbocycles. The van der Waals surface area contributed by atoms with Gasteiger partial charge in [0.15, 0.2) is 0 Å². The lowest BCUT2D eigenvalue weighted by atomic mass is 10.1. The summed E-state index contributed by atoms with van der Waals surface area (Å²) < 4.78 is 0. The highest BCUT2D eigenvalue weighted by atomic mass is 32.1. The predicted molar refractivity (Wildman–Crippen MR) is 64.9 cm³/mol. The molecule has 0 saturated heterocycles. The lowest BCUT2D eigenvalue weighted by Gasteiger charge is -2.09. The molecule has 0 bridgehead atoms. The number of carboxylic acids is 1. The van der Waals surface area contributed by atoms with E-state index in [1.165, 1.54) is 11.3 Å². The van der Waals surface area contributed by atoms with Crippen LogP contribution in [-0.2, 0) is 16.0 Å². The van der Waals surface area contributed by atoms with Crippen molar-refractivity contribution in [2.45, 2.75) is 26.2 Å². The summed E-state index contributed by atoms with van der Waals surface area (Å²) in [7, 11) is 0. The van der Waals surface area contributed by atoms with Crippen molar-refractivity contribution in [1.29, 1.82) is 0 Å². The SMILES string of the molecule is CC(CNC(=O)CCc1cscn1)CC(=O)O. The Morgan fingerprint density at radius 2 is 2.35 bits per heavy atom. The monoisotopic (exact) mass is 256 g/mol. The van der Waals surface area contributed by atoms with Gasteiger partial charge in [-0.25, -0.2) is 4.98 Å². The van der Waals surface area contributed by atoms with Crippen LogP contribution in [0, 0.1) is 5.92 Å². The lowest BCUT2D eigenvalue weighted by molar-refractivity contribution is -0.138. The topological polar surface area (TPSA) is 79.3 Å². The molecule has 1 amide bonds. The van der Waals surface area contributed by atoms with Gasteiger partial charge in [-0.3, -0.25) is 9.59 Å². The number of thiazole rings is 1. The average molecular weight is 256 g/mol. The van der Waals surface area contributed by atoms with Crippen molar-refractivity contribution in [3.05, 3.63) is 16.6 Å². The van der Waals surface area contributed by atoms with E-state index in [4.69, 9.17) is 5.11 Å². The molecule has 0 fully saturated rings. The minimum Gasteiger partial charge on any atom is -0.481 e. The second kappa shape index (κ2) is 7.01. The number of aryl methyl sites for hydroxylation is 1. The van der Waals surface area contributed by atoms with Crippen molar-refractivity contribution in [1.82, 2.24) is 10.3 Å². The van der Waals surface area contributed by atoms with Gasteiger partial charge in [0.1, 0.15) is 0 Å². The number of aromatic nitrogens is 1. The summed E-state index contributed by atoms with van der Waals surface area (Å²) in [6.45, 7) is 2.21. The Morgan fingerprint density at radius 3 is 2.94 bits per heavy atom. The molecule has 6 heteroatoms. The Bertz CT molecular complexity index is 365. The first kappa shape index (κ1) is 13.6. The molecule has 1 heterocycles. The number of nitrogens with zero attached hydrogens (tertiary/aromatic N) is 1. The first-order valence-electron chi connectivity index (χ1n) is 5.43. The Kier molecular flexibility index (Phi) is 5.62. The van der Waals surface area contributed by atoms with Gasteiger partial charge in [-0.05, 0) is 12.3 Å². The third-order valence-corrected chi connectivity index (χ3v) is 2.90. The van der Waals surface area contributed by atoms with E-state index in [0.29, 0.717) is 19.4 Å². The van der Waals surface area contributed by atoms with Crippen molar-refractivity contribution in [3.8, 4) is 0 Å². The van der Waals surface area contributed by atoms with Crippen LogP contribution in [0.2, 0.25) is 0 Å². The molecule has 94 valence electrons. The van der Waals surface area contributed by atoms with Gasteiger partial charge in [0.05, 0.1) is 11.2 Å². The number of hydrogen-bond acceptors (Lipinski definition) is 4. The number of amides is 1. The second-order valence-corrected chi connectivity index (χ2v) is 4.71. The fourth-order valence-electron chi connectivity index (χ4n) is 1.35. The summed E-state index contributed by atoms with van der Waals surface area (Å²) in [5, 5.41) is 13.2. The van der Waals surface area contributed by atoms with Crippen LogP contribution in [0.1, 0.15) is 25.5 Å². The summed E-state index contributed by atoms with van der Waals surface area (Å²) >= 11 is 1.51. The smallest absolute Gasteiger partial charge is 0.303 e. The van der Waals surface area contributed by atoms with Gasteiger partial charge in [0.2, 0.25) is 5.91 Å². The molecule has 0 spiro atoms. The number of carbonyl (C=O) groups excluding carboxylic acids is 1. The third-order valence-electron chi connectivity index (χ3n) is 2.26. The fraction of sp³-hybridized carbons (Fsp3) is 0.545. The zero-order chi connectivity index (χ0) is 12.7. The highest BCUT2D eigenvalue weighted by Crippen LogP contribution is 2.04. The summed E-state index contributed by atoms with van der Waals surface area (Å²) in [5.74, 6) is -0.944. The number of carboxylic acid groups (broad SMARTS) is 1. The number of carbonyl (C=O) groups is 2. The Labute approximate surface area is 104 Å². The van der Waals surface area contributed by atoms with E-state index in [0.717, 1.165) is 5.69 Å². The zero-order valence-electron chi connectivity index (χ0n) is 9.68. The molecule has 1 aromatic rings. The molecule has 2 N–H and O–H groups in total. The van der Waals surface area contributed by atoms with Gasteiger partial charge >= 0.3 is 5.97 Å². The van der Waals surface area contributed by atoms with Crippen LogP contribution >= 0.6 is 11.3 Å². The van der Waals surface area contributed by atoms with Gasteiger partial charge in [-0.1, -0.05) is 6.92 Å². The summed E-state index contributed by atoms with van der Waals surface area (Å²) in [6.07, 6.45) is 1.10. The van der Waals surface area contributed by atoms with Crippen LogP contribution in [0.5, 0.6) is 0 Å². The van der Waals surface area contributed by atoms with E-state index in [1.807, 2.05) is 5.38 Å². The van der Waals surface area contributed by atoms with Gasteiger partial charge in [0, 0.05) is 24.8 Å². The number of nitrogens with one attached hydrogen (secondary N) is 1. The van der Waals surface area contributed by atoms with Crippen LogP contribution in [0.25, 0.3) is 0 Å². The van der Waals surface area contributed by atoms with Crippen molar-refractivity contribution in [2.24, 2.45) is 5.92 Å². The molecule has 1 unspecified atom stereocenters. The maximum Gasteiger partial charge on any atom is 0.303 e. The molecule has 1 atom stereocenters. The molecule has 0 radical (unpaired) electrons. The number of rotatable bonds is 7. The first-order valence-corrected chi connectivity index (χ1v) is 6.37. The summed E-state index contributed by atoms with van der Waals surface area (Å²) in [5.41, 5.74) is 2.66. The normalized spacial score (nSPS) is 12.1. The zero-order valence-corrected chi connectivity index (χ0v) is 10.5. The Balaban J connectivity index is 2.15. The first-order chi connectivity index (χ1) is 8.08. The maximum atomic E-state index is 11.4. The molecular weight excluding hydrogens is 240 g/mol.